The molecule has 1 heterocycles. The molecule has 7 nitrogen and oxygen atoms in total. The van der Waals surface area contributed by atoms with Crippen LogP contribution < -0.4 is 5.32 Å². The fourth-order valence-corrected chi connectivity index (χ4v) is 2.29. The van der Waals surface area contributed by atoms with Gasteiger partial charge in [0.2, 0.25) is 5.91 Å². The SMILES string of the molecule is CC(=O)Nc1ccc(SCc2ccc([N+](=O)[O-])cc2)nn1. The lowest BCUT2D eigenvalue weighted by atomic mass is 10.2. The van der Waals surface area contributed by atoms with E-state index in [2.05, 4.69) is 15.5 Å². The lowest BCUT2D eigenvalue weighted by Crippen LogP contribution is -2.07. The molecule has 108 valence electrons. The van der Waals surface area contributed by atoms with Gasteiger partial charge in [0.25, 0.3) is 5.69 Å². The number of carbonyl (C=O) groups excluding carboxylic acids is 1. The second kappa shape index (κ2) is 6.80. The highest BCUT2D eigenvalue weighted by Crippen LogP contribution is 2.22. The van der Waals surface area contributed by atoms with Gasteiger partial charge in [-0.05, 0) is 17.7 Å². The number of thioether (sulfide) groups is 1. The average molecular weight is 304 g/mol. The molecule has 0 atom stereocenters. The Morgan fingerprint density at radius 1 is 1.24 bits per heavy atom. The van der Waals surface area contributed by atoms with Crippen LogP contribution in [0.5, 0.6) is 0 Å². The van der Waals surface area contributed by atoms with Crippen molar-refractivity contribution < 1.29 is 9.72 Å². The molecule has 0 fully saturated rings. The van der Waals surface area contributed by atoms with Gasteiger partial charge >= 0.3 is 0 Å². The number of nitrogens with one attached hydrogen (secondary N) is 1. The summed E-state index contributed by atoms with van der Waals surface area (Å²) in [5, 5.41) is 21.7. The highest BCUT2D eigenvalue weighted by atomic mass is 32.2. The largest absolute Gasteiger partial charge is 0.309 e. The molecule has 0 unspecified atom stereocenters. The Bertz CT molecular complexity index is 643. The number of rotatable bonds is 5. The number of nitro benzene ring substituents is 1. The van der Waals surface area contributed by atoms with Gasteiger partial charge in [0.15, 0.2) is 5.82 Å². The number of amides is 1. The van der Waals surface area contributed by atoms with Crippen LogP contribution in [0.3, 0.4) is 0 Å². The first-order chi connectivity index (χ1) is 10.0. The zero-order valence-electron chi connectivity index (χ0n) is 11.1. The molecule has 0 spiro atoms. The van der Waals surface area contributed by atoms with Gasteiger partial charge in [0.1, 0.15) is 5.03 Å². The van der Waals surface area contributed by atoms with Gasteiger partial charge in [-0.15, -0.1) is 10.2 Å². The number of benzene rings is 1. The Labute approximate surface area is 124 Å². The van der Waals surface area contributed by atoms with Crippen molar-refractivity contribution in [1.82, 2.24) is 10.2 Å². The van der Waals surface area contributed by atoms with Crippen molar-refractivity contribution >= 4 is 29.2 Å². The summed E-state index contributed by atoms with van der Waals surface area (Å²) in [6, 6.07) is 9.80. The molecule has 0 aliphatic rings. The quantitative estimate of drug-likeness (QED) is 0.518. The first-order valence-electron chi connectivity index (χ1n) is 6.02. The van der Waals surface area contributed by atoms with Crippen LogP contribution in [0.4, 0.5) is 11.5 Å². The Kier molecular flexibility index (Phi) is 4.83. The first kappa shape index (κ1) is 14.9. The molecule has 0 radical (unpaired) electrons. The maximum atomic E-state index is 10.9. The van der Waals surface area contributed by atoms with Crippen LogP contribution in [0.2, 0.25) is 0 Å². The fourth-order valence-electron chi connectivity index (χ4n) is 1.52. The highest BCUT2D eigenvalue weighted by Gasteiger charge is 2.05. The fraction of sp³-hybridized carbons (Fsp3) is 0.154. The van der Waals surface area contributed by atoms with E-state index in [1.807, 2.05) is 0 Å². The number of non-ortho nitro benzene ring substituents is 1. The molecule has 0 aliphatic heterocycles. The molecule has 1 aromatic carbocycles. The molecule has 1 amide bonds. The van der Waals surface area contributed by atoms with E-state index in [4.69, 9.17) is 0 Å². The van der Waals surface area contributed by atoms with Gasteiger partial charge in [-0.25, -0.2) is 0 Å². The zero-order chi connectivity index (χ0) is 15.2. The van der Waals surface area contributed by atoms with Crippen LogP contribution in [0.25, 0.3) is 0 Å². The van der Waals surface area contributed by atoms with E-state index >= 15 is 0 Å². The molecule has 0 saturated carbocycles. The number of hydrogen-bond acceptors (Lipinski definition) is 6. The van der Waals surface area contributed by atoms with Crippen molar-refractivity contribution in [3.8, 4) is 0 Å². The van der Waals surface area contributed by atoms with Crippen molar-refractivity contribution in [3.63, 3.8) is 0 Å². The van der Waals surface area contributed by atoms with Gasteiger partial charge in [-0.3, -0.25) is 14.9 Å². The second-order valence-electron chi connectivity index (χ2n) is 4.15. The maximum Gasteiger partial charge on any atom is 0.269 e. The van der Waals surface area contributed by atoms with E-state index in [-0.39, 0.29) is 11.6 Å². The summed E-state index contributed by atoms with van der Waals surface area (Å²) >= 11 is 1.46. The van der Waals surface area contributed by atoms with Crippen molar-refractivity contribution in [2.45, 2.75) is 17.7 Å². The number of anilines is 1. The van der Waals surface area contributed by atoms with E-state index in [1.165, 1.54) is 30.8 Å². The highest BCUT2D eigenvalue weighted by molar-refractivity contribution is 7.98. The molecule has 0 saturated heterocycles. The number of carbonyl (C=O) groups is 1. The van der Waals surface area contributed by atoms with Crippen LogP contribution in [-0.4, -0.2) is 21.0 Å². The Balaban J connectivity index is 1.93. The topological polar surface area (TPSA) is 98.0 Å². The van der Waals surface area contributed by atoms with Crippen LogP contribution in [0, 0.1) is 10.1 Å². The van der Waals surface area contributed by atoms with Gasteiger partial charge in [0, 0.05) is 24.8 Å². The minimum atomic E-state index is -0.427. The monoisotopic (exact) mass is 304 g/mol. The standard InChI is InChI=1S/C13H12N4O3S/c1-9(18)14-12-6-7-13(16-15-12)21-8-10-2-4-11(5-3-10)17(19)20/h2-7H,8H2,1H3,(H,14,15,18). The Morgan fingerprint density at radius 2 is 1.95 bits per heavy atom. The number of nitro groups is 1. The molecule has 0 aliphatic carbocycles. The lowest BCUT2D eigenvalue weighted by Gasteiger charge is -2.03. The van der Waals surface area contributed by atoms with E-state index in [1.54, 1.807) is 24.3 Å². The van der Waals surface area contributed by atoms with Crippen LogP contribution in [0.15, 0.2) is 41.4 Å². The smallest absolute Gasteiger partial charge is 0.269 e. The third kappa shape index (κ3) is 4.53. The zero-order valence-corrected chi connectivity index (χ0v) is 12.0. The molecule has 1 N–H and O–H groups in total. The molecular weight excluding hydrogens is 292 g/mol. The Hall–Kier alpha value is -2.48. The molecule has 2 rings (SSSR count). The third-order valence-electron chi connectivity index (χ3n) is 2.48. The summed E-state index contributed by atoms with van der Waals surface area (Å²) in [5.41, 5.74) is 1.03. The normalized spacial score (nSPS) is 10.1. The summed E-state index contributed by atoms with van der Waals surface area (Å²) in [5.74, 6) is 0.837. The number of aromatic nitrogens is 2. The average Bonchev–Trinajstić information content (AvgIpc) is 2.46. The molecule has 1 aromatic heterocycles. The molecule has 0 bridgehead atoms. The van der Waals surface area contributed by atoms with Crippen molar-refractivity contribution in [2.24, 2.45) is 0 Å². The number of nitrogens with zero attached hydrogens (tertiary/aromatic N) is 3. The van der Waals surface area contributed by atoms with E-state index < -0.39 is 4.92 Å². The van der Waals surface area contributed by atoms with E-state index in [9.17, 15) is 14.9 Å². The summed E-state index contributed by atoms with van der Waals surface area (Å²) in [6.45, 7) is 1.40. The van der Waals surface area contributed by atoms with Crippen LogP contribution in [-0.2, 0) is 10.5 Å². The molecular formula is C13H12N4O3S. The predicted molar refractivity (Wildman–Crippen MR) is 79.0 cm³/mol. The summed E-state index contributed by atoms with van der Waals surface area (Å²) < 4.78 is 0. The predicted octanol–water partition coefficient (Wildman–Crippen LogP) is 2.64. The first-order valence-corrected chi connectivity index (χ1v) is 7.00. The summed E-state index contributed by atoms with van der Waals surface area (Å²) in [6.07, 6.45) is 0. The van der Waals surface area contributed by atoms with E-state index in [0.29, 0.717) is 16.6 Å². The van der Waals surface area contributed by atoms with Gasteiger partial charge in [0.05, 0.1) is 4.92 Å². The van der Waals surface area contributed by atoms with Crippen LogP contribution >= 0.6 is 11.8 Å². The second-order valence-corrected chi connectivity index (χ2v) is 5.15. The van der Waals surface area contributed by atoms with E-state index in [0.717, 1.165) is 5.56 Å². The molecule has 8 heteroatoms. The van der Waals surface area contributed by atoms with Gasteiger partial charge < -0.3 is 5.32 Å². The third-order valence-corrected chi connectivity index (χ3v) is 3.47. The van der Waals surface area contributed by atoms with Crippen LogP contribution in [0.1, 0.15) is 12.5 Å². The van der Waals surface area contributed by atoms with Crippen molar-refractivity contribution in [3.05, 3.63) is 52.1 Å². The Morgan fingerprint density at radius 3 is 2.48 bits per heavy atom. The summed E-state index contributed by atoms with van der Waals surface area (Å²) in [4.78, 5) is 21.0. The minimum absolute atomic E-state index is 0.0724. The van der Waals surface area contributed by atoms with Gasteiger partial charge in [-0.1, -0.05) is 23.9 Å². The minimum Gasteiger partial charge on any atom is -0.309 e. The van der Waals surface area contributed by atoms with Gasteiger partial charge in [-0.2, -0.15) is 0 Å². The van der Waals surface area contributed by atoms with Crippen molar-refractivity contribution in [1.29, 1.82) is 0 Å². The summed E-state index contributed by atoms with van der Waals surface area (Å²) in [7, 11) is 0. The number of hydrogen-bond donors (Lipinski definition) is 1. The molecule has 2 aromatic rings. The lowest BCUT2D eigenvalue weighted by molar-refractivity contribution is -0.384. The maximum absolute atomic E-state index is 10.9. The molecule has 21 heavy (non-hydrogen) atoms. The van der Waals surface area contributed by atoms with Crippen molar-refractivity contribution in [2.75, 3.05) is 5.32 Å².